The molecule has 0 atom stereocenters. The van der Waals surface area contributed by atoms with Gasteiger partial charge in [0.25, 0.3) is 0 Å². The maximum atomic E-state index is 11.3. The van der Waals surface area contributed by atoms with Gasteiger partial charge in [0.05, 0.1) is 6.26 Å². The second-order valence-corrected chi connectivity index (χ2v) is 2.83. The lowest BCUT2D eigenvalue weighted by Gasteiger charge is -1.95. The standard InChI is InChI=1S/C8H7N5O4/c9-6(5-7(10)13-17-11-5)12-16-8(14)4-2-1-3-15-4/h1-3H,(H2,9,12)(H2,10,13). The van der Waals surface area contributed by atoms with Crippen molar-refractivity contribution in [1.29, 1.82) is 0 Å². The highest BCUT2D eigenvalue weighted by Crippen LogP contribution is 2.05. The summed E-state index contributed by atoms with van der Waals surface area (Å²) in [4.78, 5) is 15.8. The van der Waals surface area contributed by atoms with Crippen LogP contribution in [0.4, 0.5) is 5.82 Å². The Morgan fingerprint density at radius 3 is 2.88 bits per heavy atom. The average Bonchev–Trinajstić information content (AvgIpc) is 2.95. The Morgan fingerprint density at radius 2 is 2.29 bits per heavy atom. The molecular weight excluding hydrogens is 230 g/mol. The zero-order chi connectivity index (χ0) is 12.3. The number of anilines is 1. The molecule has 88 valence electrons. The number of amidine groups is 1. The van der Waals surface area contributed by atoms with Crippen LogP contribution >= 0.6 is 0 Å². The van der Waals surface area contributed by atoms with Crippen molar-refractivity contribution in [2.45, 2.75) is 0 Å². The van der Waals surface area contributed by atoms with Gasteiger partial charge in [0.1, 0.15) is 0 Å². The highest BCUT2D eigenvalue weighted by atomic mass is 16.7. The molecule has 0 aliphatic heterocycles. The first kappa shape index (κ1) is 10.7. The molecule has 2 aromatic heterocycles. The minimum atomic E-state index is -0.798. The summed E-state index contributed by atoms with van der Waals surface area (Å²) in [5, 5.41) is 9.99. The molecule has 9 nitrogen and oxygen atoms in total. The molecule has 2 aromatic rings. The number of carbonyl (C=O) groups is 1. The van der Waals surface area contributed by atoms with E-state index in [1.165, 1.54) is 18.4 Å². The van der Waals surface area contributed by atoms with E-state index < -0.39 is 5.97 Å². The van der Waals surface area contributed by atoms with E-state index in [4.69, 9.17) is 15.9 Å². The molecule has 0 unspecified atom stereocenters. The molecule has 0 aromatic carbocycles. The van der Waals surface area contributed by atoms with E-state index >= 15 is 0 Å². The molecule has 0 radical (unpaired) electrons. The van der Waals surface area contributed by atoms with Crippen molar-refractivity contribution in [2.24, 2.45) is 10.9 Å². The van der Waals surface area contributed by atoms with Gasteiger partial charge in [-0.1, -0.05) is 5.16 Å². The SMILES string of the molecule is N/C(=N\OC(=O)c1ccco1)c1nonc1N. The summed E-state index contributed by atoms with van der Waals surface area (Å²) >= 11 is 0. The highest BCUT2D eigenvalue weighted by molar-refractivity contribution is 5.99. The predicted octanol–water partition coefficient (Wildman–Crippen LogP) is -0.278. The molecule has 2 rings (SSSR count). The van der Waals surface area contributed by atoms with Crippen LogP contribution in [0.25, 0.3) is 0 Å². The topological polar surface area (TPSA) is 143 Å². The van der Waals surface area contributed by atoms with E-state index in [2.05, 4.69) is 24.9 Å². The maximum absolute atomic E-state index is 11.3. The zero-order valence-corrected chi connectivity index (χ0v) is 8.36. The van der Waals surface area contributed by atoms with Gasteiger partial charge in [-0.05, 0) is 22.4 Å². The molecule has 4 N–H and O–H groups in total. The second-order valence-electron chi connectivity index (χ2n) is 2.83. The van der Waals surface area contributed by atoms with Crippen molar-refractivity contribution in [1.82, 2.24) is 10.3 Å². The lowest BCUT2D eigenvalue weighted by atomic mass is 10.4. The van der Waals surface area contributed by atoms with E-state index in [0.29, 0.717) is 0 Å². The van der Waals surface area contributed by atoms with Gasteiger partial charge in [0, 0.05) is 0 Å². The van der Waals surface area contributed by atoms with Crippen LogP contribution in [0.5, 0.6) is 0 Å². The fourth-order valence-electron chi connectivity index (χ4n) is 0.947. The van der Waals surface area contributed by atoms with E-state index in [1.54, 1.807) is 0 Å². The van der Waals surface area contributed by atoms with Crippen molar-refractivity contribution in [3.63, 3.8) is 0 Å². The number of nitrogen functional groups attached to an aromatic ring is 1. The Hall–Kier alpha value is -2.84. The molecule has 0 aliphatic rings. The number of rotatable bonds is 3. The predicted molar refractivity (Wildman–Crippen MR) is 53.6 cm³/mol. The molecule has 0 spiro atoms. The number of carbonyl (C=O) groups excluding carboxylic acids is 1. The lowest BCUT2D eigenvalue weighted by molar-refractivity contribution is 0.0479. The molecule has 0 aliphatic carbocycles. The van der Waals surface area contributed by atoms with E-state index in [-0.39, 0.29) is 23.1 Å². The molecule has 2 heterocycles. The average molecular weight is 237 g/mol. The van der Waals surface area contributed by atoms with Gasteiger partial charge in [0.2, 0.25) is 5.76 Å². The highest BCUT2D eigenvalue weighted by Gasteiger charge is 2.14. The number of furan rings is 1. The summed E-state index contributed by atoms with van der Waals surface area (Å²) in [5.41, 5.74) is 10.8. The van der Waals surface area contributed by atoms with Gasteiger partial charge >= 0.3 is 5.97 Å². The van der Waals surface area contributed by atoms with Crippen LogP contribution < -0.4 is 11.5 Å². The summed E-state index contributed by atoms with van der Waals surface area (Å²) < 4.78 is 9.09. The Labute approximate surface area is 94.0 Å². The smallest absolute Gasteiger partial charge is 0.400 e. The number of aromatic nitrogens is 2. The summed E-state index contributed by atoms with van der Waals surface area (Å²) in [6, 6.07) is 2.95. The number of hydrogen-bond donors (Lipinski definition) is 2. The molecule has 0 fully saturated rings. The monoisotopic (exact) mass is 237 g/mol. The first-order valence-corrected chi connectivity index (χ1v) is 4.35. The van der Waals surface area contributed by atoms with Crippen molar-refractivity contribution in [2.75, 3.05) is 5.73 Å². The quantitative estimate of drug-likeness (QED) is 0.321. The molecule has 0 saturated heterocycles. The van der Waals surface area contributed by atoms with Gasteiger partial charge in [-0.25, -0.2) is 9.42 Å². The fourth-order valence-corrected chi connectivity index (χ4v) is 0.947. The zero-order valence-electron chi connectivity index (χ0n) is 8.36. The third kappa shape index (κ3) is 2.22. The van der Waals surface area contributed by atoms with Crippen molar-refractivity contribution in [3.05, 3.63) is 29.9 Å². The normalized spacial score (nSPS) is 11.4. The first-order valence-electron chi connectivity index (χ1n) is 4.35. The summed E-state index contributed by atoms with van der Waals surface area (Å²) in [6.07, 6.45) is 1.32. The Bertz CT molecular complexity index is 544. The van der Waals surface area contributed by atoms with Crippen LogP contribution in [0.1, 0.15) is 16.2 Å². The number of oxime groups is 1. The molecule has 9 heteroatoms. The van der Waals surface area contributed by atoms with Gasteiger partial charge in [-0.2, -0.15) is 0 Å². The van der Waals surface area contributed by atoms with Crippen molar-refractivity contribution < 1.29 is 18.7 Å². The third-order valence-electron chi connectivity index (χ3n) is 1.71. The van der Waals surface area contributed by atoms with Gasteiger partial charge in [0.15, 0.2) is 17.3 Å². The van der Waals surface area contributed by atoms with Crippen LogP contribution in [-0.4, -0.2) is 22.1 Å². The fraction of sp³-hybridized carbons (Fsp3) is 0. The maximum Gasteiger partial charge on any atom is 0.400 e. The van der Waals surface area contributed by atoms with Gasteiger partial charge in [-0.3, -0.25) is 0 Å². The summed E-state index contributed by atoms with van der Waals surface area (Å²) in [7, 11) is 0. The minimum Gasteiger partial charge on any atom is -0.457 e. The Kier molecular flexibility index (Phi) is 2.73. The van der Waals surface area contributed by atoms with Crippen molar-refractivity contribution >= 4 is 17.6 Å². The number of hydrogen-bond acceptors (Lipinski definition) is 8. The van der Waals surface area contributed by atoms with Crippen molar-refractivity contribution in [3.8, 4) is 0 Å². The van der Waals surface area contributed by atoms with E-state index in [9.17, 15) is 4.79 Å². The third-order valence-corrected chi connectivity index (χ3v) is 1.71. The molecule has 0 amide bonds. The summed E-state index contributed by atoms with van der Waals surface area (Å²) in [6.45, 7) is 0. The van der Waals surface area contributed by atoms with Gasteiger partial charge < -0.3 is 20.7 Å². The van der Waals surface area contributed by atoms with Crippen LogP contribution in [-0.2, 0) is 4.84 Å². The largest absolute Gasteiger partial charge is 0.457 e. The van der Waals surface area contributed by atoms with Crippen LogP contribution in [0.3, 0.4) is 0 Å². The van der Waals surface area contributed by atoms with Gasteiger partial charge in [-0.15, -0.1) is 0 Å². The summed E-state index contributed by atoms with van der Waals surface area (Å²) in [5.74, 6) is -1.09. The molecule has 0 bridgehead atoms. The van der Waals surface area contributed by atoms with E-state index in [0.717, 1.165) is 0 Å². The van der Waals surface area contributed by atoms with Crippen LogP contribution in [0.2, 0.25) is 0 Å². The number of nitrogens with zero attached hydrogens (tertiary/aromatic N) is 3. The van der Waals surface area contributed by atoms with E-state index in [1.807, 2.05) is 0 Å². The molecular formula is C8H7N5O4. The number of nitrogens with two attached hydrogens (primary N) is 2. The Balaban J connectivity index is 2.07. The Morgan fingerprint density at radius 1 is 1.47 bits per heavy atom. The lowest BCUT2D eigenvalue weighted by Crippen LogP contribution is -2.17. The second kappa shape index (κ2) is 4.35. The minimum absolute atomic E-state index is 0.00255. The molecule has 0 saturated carbocycles. The van der Waals surface area contributed by atoms with Crippen LogP contribution in [0.15, 0.2) is 32.6 Å². The van der Waals surface area contributed by atoms with Crippen LogP contribution in [0, 0.1) is 0 Å². The molecule has 17 heavy (non-hydrogen) atoms. The first-order chi connectivity index (χ1) is 8.18.